The number of benzene rings is 2. The van der Waals surface area contributed by atoms with Gasteiger partial charge in [-0.1, -0.05) is 74.9 Å². The first-order chi connectivity index (χ1) is 10.2. The molecule has 0 fully saturated rings. The largest absolute Gasteiger partial charge is 0.0655 e. The standard InChI is InChI=1S/C21H24/c1-4-15(3)18-10-6-7-11-19(18)20-12-8-9-17-13-16(5-2)14-21(17)20/h6-12,14-15H,4-5,13H2,1-3H3. The van der Waals surface area contributed by atoms with Gasteiger partial charge in [-0.3, -0.25) is 0 Å². The Morgan fingerprint density at radius 3 is 2.48 bits per heavy atom. The molecular formula is C21H24. The molecule has 2 aromatic rings. The highest BCUT2D eigenvalue weighted by atomic mass is 14.2. The third kappa shape index (κ3) is 2.55. The van der Waals surface area contributed by atoms with Crippen LogP contribution in [-0.4, -0.2) is 0 Å². The summed E-state index contributed by atoms with van der Waals surface area (Å²) in [5, 5.41) is 0. The Bertz CT molecular complexity index is 676. The third-order valence-electron chi connectivity index (χ3n) is 4.81. The molecule has 0 spiro atoms. The Morgan fingerprint density at radius 2 is 1.71 bits per heavy atom. The zero-order valence-electron chi connectivity index (χ0n) is 13.3. The Morgan fingerprint density at radius 1 is 0.952 bits per heavy atom. The number of allylic oxidation sites excluding steroid dienone is 1. The van der Waals surface area contributed by atoms with Gasteiger partial charge in [-0.2, -0.15) is 0 Å². The van der Waals surface area contributed by atoms with Gasteiger partial charge in [0.1, 0.15) is 0 Å². The van der Waals surface area contributed by atoms with Crippen LogP contribution in [0, 0.1) is 0 Å². The molecule has 21 heavy (non-hydrogen) atoms. The average Bonchev–Trinajstić information content (AvgIpc) is 2.97. The minimum Gasteiger partial charge on any atom is -0.0655 e. The minimum atomic E-state index is 0.605. The summed E-state index contributed by atoms with van der Waals surface area (Å²) in [4.78, 5) is 0. The molecule has 0 amide bonds. The average molecular weight is 276 g/mol. The van der Waals surface area contributed by atoms with E-state index in [1.807, 2.05) is 0 Å². The molecule has 108 valence electrons. The molecule has 0 bridgehead atoms. The van der Waals surface area contributed by atoms with Crippen molar-refractivity contribution in [2.24, 2.45) is 0 Å². The van der Waals surface area contributed by atoms with Gasteiger partial charge < -0.3 is 0 Å². The highest BCUT2D eigenvalue weighted by molar-refractivity contribution is 5.82. The summed E-state index contributed by atoms with van der Waals surface area (Å²) in [6, 6.07) is 15.7. The lowest BCUT2D eigenvalue weighted by molar-refractivity contribution is 0.735. The van der Waals surface area contributed by atoms with Crippen molar-refractivity contribution in [3.05, 3.63) is 64.7 Å². The SMILES string of the molecule is CCC1=Cc2c(cccc2-c2ccccc2C(C)CC)C1. The van der Waals surface area contributed by atoms with E-state index in [0.717, 1.165) is 12.8 Å². The van der Waals surface area contributed by atoms with Crippen molar-refractivity contribution in [2.75, 3.05) is 0 Å². The van der Waals surface area contributed by atoms with Crippen LogP contribution >= 0.6 is 0 Å². The van der Waals surface area contributed by atoms with Crippen molar-refractivity contribution in [1.82, 2.24) is 0 Å². The normalized spacial score (nSPS) is 14.7. The maximum absolute atomic E-state index is 2.41. The van der Waals surface area contributed by atoms with Crippen molar-refractivity contribution in [1.29, 1.82) is 0 Å². The van der Waals surface area contributed by atoms with Crippen LogP contribution in [0.3, 0.4) is 0 Å². The molecule has 0 saturated carbocycles. The first-order valence-corrected chi connectivity index (χ1v) is 8.15. The summed E-state index contributed by atoms with van der Waals surface area (Å²) in [6.07, 6.45) is 5.88. The summed E-state index contributed by atoms with van der Waals surface area (Å²) < 4.78 is 0. The third-order valence-corrected chi connectivity index (χ3v) is 4.81. The maximum atomic E-state index is 2.41. The Hall–Kier alpha value is -1.82. The van der Waals surface area contributed by atoms with E-state index in [1.165, 1.54) is 34.2 Å². The van der Waals surface area contributed by atoms with Gasteiger partial charge in [0.2, 0.25) is 0 Å². The van der Waals surface area contributed by atoms with Crippen molar-refractivity contribution < 1.29 is 0 Å². The fourth-order valence-electron chi connectivity index (χ4n) is 3.29. The van der Waals surface area contributed by atoms with Crippen LogP contribution < -0.4 is 0 Å². The minimum absolute atomic E-state index is 0.605. The smallest absolute Gasteiger partial charge is 0.00577 e. The van der Waals surface area contributed by atoms with Crippen molar-refractivity contribution in [3.8, 4) is 11.1 Å². The Balaban J connectivity index is 2.16. The summed E-state index contributed by atoms with van der Waals surface area (Å²) in [5.41, 5.74) is 8.79. The first kappa shape index (κ1) is 14.1. The van der Waals surface area contributed by atoms with Crippen molar-refractivity contribution >= 4 is 6.08 Å². The quantitative estimate of drug-likeness (QED) is 0.622. The predicted octanol–water partition coefficient (Wildman–Crippen LogP) is 6.22. The van der Waals surface area contributed by atoms with Gasteiger partial charge >= 0.3 is 0 Å². The van der Waals surface area contributed by atoms with Gasteiger partial charge in [0.25, 0.3) is 0 Å². The fraction of sp³-hybridized carbons (Fsp3) is 0.333. The molecule has 0 aromatic heterocycles. The second kappa shape index (κ2) is 5.89. The van der Waals surface area contributed by atoms with Gasteiger partial charge in [0.05, 0.1) is 0 Å². The summed E-state index contributed by atoms with van der Waals surface area (Å²) in [6.45, 7) is 6.85. The molecule has 1 aliphatic carbocycles. The van der Waals surface area contributed by atoms with Crippen LogP contribution in [0.4, 0.5) is 0 Å². The summed E-state index contributed by atoms with van der Waals surface area (Å²) in [7, 11) is 0. The molecular weight excluding hydrogens is 252 g/mol. The lowest BCUT2D eigenvalue weighted by Crippen LogP contribution is -1.96. The number of hydrogen-bond donors (Lipinski definition) is 0. The Kier molecular flexibility index (Phi) is 3.96. The van der Waals surface area contributed by atoms with Gasteiger partial charge in [-0.25, -0.2) is 0 Å². The van der Waals surface area contributed by atoms with Crippen molar-refractivity contribution in [2.45, 2.75) is 46.0 Å². The monoisotopic (exact) mass is 276 g/mol. The zero-order chi connectivity index (χ0) is 14.8. The van der Waals surface area contributed by atoms with Gasteiger partial charge in [0.15, 0.2) is 0 Å². The van der Waals surface area contributed by atoms with Gasteiger partial charge in [-0.15, -0.1) is 0 Å². The predicted molar refractivity (Wildman–Crippen MR) is 92.6 cm³/mol. The van der Waals surface area contributed by atoms with E-state index in [4.69, 9.17) is 0 Å². The number of hydrogen-bond acceptors (Lipinski definition) is 0. The molecule has 0 aliphatic heterocycles. The molecule has 0 nitrogen and oxygen atoms in total. The van der Waals surface area contributed by atoms with Crippen LogP contribution in [0.5, 0.6) is 0 Å². The molecule has 0 heteroatoms. The van der Waals surface area contributed by atoms with Crippen LogP contribution in [-0.2, 0) is 6.42 Å². The topological polar surface area (TPSA) is 0 Å². The lowest BCUT2D eigenvalue weighted by atomic mass is 9.87. The molecule has 2 aromatic carbocycles. The van der Waals surface area contributed by atoms with Gasteiger partial charge in [-0.05, 0) is 53.0 Å². The second-order valence-corrected chi connectivity index (χ2v) is 6.11. The molecule has 1 atom stereocenters. The zero-order valence-corrected chi connectivity index (χ0v) is 13.3. The van der Waals surface area contributed by atoms with E-state index in [2.05, 4.69) is 69.3 Å². The molecule has 0 saturated heterocycles. The number of fused-ring (bicyclic) bond motifs is 1. The molecule has 3 rings (SSSR count). The maximum Gasteiger partial charge on any atom is -0.00577 e. The molecule has 0 N–H and O–H groups in total. The van der Waals surface area contributed by atoms with Gasteiger partial charge in [0, 0.05) is 0 Å². The van der Waals surface area contributed by atoms with E-state index < -0.39 is 0 Å². The molecule has 1 unspecified atom stereocenters. The highest BCUT2D eigenvalue weighted by Crippen LogP contribution is 2.38. The summed E-state index contributed by atoms with van der Waals surface area (Å²) >= 11 is 0. The van der Waals surface area contributed by atoms with Crippen LogP contribution in [0.2, 0.25) is 0 Å². The van der Waals surface area contributed by atoms with Crippen LogP contribution in [0.1, 0.15) is 56.2 Å². The number of rotatable bonds is 4. The van der Waals surface area contributed by atoms with E-state index in [0.29, 0.717) is 5.92 Å². The molecule has 0 radical (unpaired) electrons. The van der Waals surface area contributed by atoms with Crippen LogP contribution in [0.15, 0.2) is 48.0 Å². The van der Waals surface area contributed by atoms with E-state index >= 15 is 0 Å². The molecule has 0 heterocycles. The van der Waals surface area contributed by atoms with Crippen LogP contribution in [0.25, 0.3) is 17.2 Å². The molecule has 1 aliphatic rings. The van der Waals surface area contributed by atoms with E-state index in [-0.39, 0.29) is 0 Å². The van der Waals surface area contributed by atoms with E-state index in [1.54, 1.807) is 5.57 Å². The summed E-state index contributed by atoms with van der Waals surface area (Å²) in [5.74, 6) is 0.605. The van der Waals surface area contributed by atoms with E-state index in [9.17, 15) is 0 Å². The highest BCUT2D eigenvalue weighted by Gasteiger charge is 2.18. The lowest BCUT2D eigenvalue weighted by Gasteiger charge is -2.17. The van der Waals surface area contributed by atoms with Crippen molar-refractivity contribution in [3.63, 3.8) is 0 Å². The Labute approximate surface area is 128 Å². The second-order valence-electron chi connectivity index (χ2n) is 6.11. The first-order valence-electron chi connectivity index (χ1n) is 8.15. The fourth-order valence-corrected chi connectivity index (χ4v) is 3.29.